The maximum Gasteiger partial charge on any atom is 0.118 e. The molecule has 4 aromatic carbocycles. The molecule has 5 rings (SSSR count). The van der Waals surface area contributed by atoms with Crippen LogP contribution < -0.4 is 4.74 Å². The van der Waals surface area contributed by atoms with Gasteiger partial charge in [-0.05, 0) is 39.9 Å². The molecule has 0 amide bonds. The van der Waals surface area contributed by atoms with Gasteiger partial charge in [0.05, 0.1) is 25.4 Å². The van der Waals surface area contributed by atoms with Crippen molar-refractivity contribution in [3.63, 3.8) is 0 Å². The van der Waals surface area contributed by atoms with Gasteiger partial charge >= 0.3 is 0 Å². The third kappa shape index (κ3) is 4.28. The fraction of sp³-hybridized carbons (Fsp3) is 0.138. The van der Waals surface area contributed by atoms with E-state index in [-0.39, 0.29) is 6.04 Å². The third-order valence-electron chi connectivity index (χ3n) is 6.01. The normalized spacial score (nSPS) is 15.5. The summed E-state index contributed by atoms with van der Waals surface area (Å²) in [4.78, 5) is 0. The molecule has 158 valence electrons. The summed E-state index contributed by atoms with van der Waals surface area (Å²) in [6.07, 6.45) is 0.879. The molecule has 0 N–H and O–H groups in total. The zero-order valence-electron chi connectivity index (χ0n) is 18.2. The highest BCUT2D eigenvalue weighted by Gasteiger charge is 2.28. The zero-order valence-corrected chi connectivity index (χ0v) is 18.2. The summed E-state index contributed by atoms with van der Waals surface area (Å²) in [5.41, 5.74) is 7.27. The van der Waals surface area contributed by atoms with Crippen LogP contribution >= 0.6 is 0 Å². The van der Waals surface area contributed by atoms with Crippen LogP contribution in [-0.4, -0.2) is 17.8 Å². The predicted molar refractivity (Wildman–Crippen MR) is 131 cm³/mol. The van der Waals surface area contributed by atoms with Crippen LogP contribution in [0, 0.1) is 0 Å². The molecule has 0 bridgehead atoms. The molecule has 1 aliphatic rings. The molecule has 0 spiro atoms. The lowest BCUT2D eigenvalue weighted by Gasteiger charge is -2.24. The minimum atomic E-state index is 0.199. The molecule has 32 heavy (non-hydrogen) atoms. The molecule has 0 aliphatic carbocycles. The number of rotatable bonds is 6. The van der Waals surface area contributed by atoms with Crippen LogP contribution in [-0.2, 0) is 6.54 Å². The molecule has 0 aromatic heterocycles. The summed E-state index contributed by atoms with van der Waals surface area (Å²) in [7, 11) is 1.70. The second-order valence-corrected chi connectivity index (χ2v) is 8.07. The van der Waals surface area contributed by atoms with E-state index in [4.69, 9.17) is 9.84 Å². The van der Waals surface area contributed by atoms with Gasteiger partial charge in [-0.2, -0.15) is 5.10 Å². The van der Waals surface area contributed by atoms with Gasteiger partial charge in [0.2, 0.25) is 0 Å². The van der Waals surface area contributed by atoms with E-state index in [1.165, 1.54) is 27.8 Å². The smallest absolute Gasteiger partial charge is 0.118 e. The van der Waals surface area contributed by atoms with Crippen LogP contribution in [0.4, 0.5) is 0 Å². The molecule has 1 aliphatic heterocycles. The molecule has 0 radical (unpaired) electrons. The maximum absolute atomic E-state index is 5.35. The molecule has 1 heterocycles. The average molecular weight is 419 g/mol. The Balaban J connectivity index is 1.43. The van der Waals surface area contributed by atoms with Crippen molar-refractivity contribution in [2.24, 2.45) is 5.10 Å². The minimum absolute atomic E-state index is 0.199. The Bertz CT molecular complexity index is 1180. The predicted octanol–water partition coefficient (Wildman–Crippen LogP) is 6.71. The molecule has 1 atom stereocenters. The Morgan fingerprint density at radius 1 is 0.719 bits per heavy atom. The van der Waals surface area contributed by atoms with Crippen LogP contribution in [0.5, 0.6) is 5.75 Å². The van der Waals surface area contributed by atoms with Crippen LogP contribution in [0.25, 0.3) is 11.1 Å². The average Bonchev–Trinajstić information content (AvgIpc) is 3.29. The van der Waals surface area contributed by atoms with Gasteiger partial charge in [-0.1, -0.05) is 97.1 Å². The van der Waals surface area contributed by atoms with E-state index < -0.39 is 0 Å². The van der Waals surface area contributed by atoms with Gasteiger partial charge in [-0.3, -0.25) is 5.01 Å². The first kappa shape index (κ1) is 20.1. The van der Waals surface area contributed by atoms with Crippen LogP contribution in [0.3, 0.4) is 0 Å². The first-order valence-corrected chi connectivity index (χ1v) is 11.0. The first-order valence-electron chi connectivity index (χ1n) is 11.0. The first-order chi connectivity index (χ1) is 15.8. The van der Waals surface area contributed by atoms with E-state index in [9.17, 15) is 0 Å². The quantitative estimate of drug-likeness (QED) is 0.347. The minimum Gasteiger partial charge on any atom is -0.497 e. The summed E-state index contributed by atoms with van der Waals surface area (Å²) < 4.78 is 5.35. The zero-order chi connectivity index (χ0) is 21.8. The van der Waals surface area contributed by atoms with Gasteiger partial charge in [0.25, 0.3) is 0 Å². The number of methoxy groups -OCH3 is 1. The second-order valence-electron chi connectivity index (χ2n) is 8.07. The van der Waals surface area contributed by atoms with E-state index in [2.05, 4.69) is 96.0 Å². The Labute approximate surface area is 189 Å². The lowest BCUT2D eigenvalue weighted by Crippen LogP contribution is -2.19. The van der Waals surface area contributed by atoms with Crippen molar-refractivity contribution in [2.45, 2.75) is 19.0 Å². The summed E-state index contributed by atoms with van der Waals surface area (Å²) in [5.74, 6) is 0.874. The van der Waals surface area contributed by atoms with Crippen molar-refractivity contribution in [1.82, 2.24) is 5.01 Å². The molecule has 4 aromatic rings. The van der Waals surface area contributed by atoms with Crippen molar-refractivity contribution in [3.8, 4) is 16.9 Å². The molecule has 0 fully saturated rings. The van der Waals surface area contributed by atoms with E-state index in [0.29, 0.717) is 0 Å². The summed E-state index contributed by atoms with van der Waals surface area (Å²) in [6, 6.07) is 38.3. The fourth-order valence-electron chi connectivity index (χ4n) is 4.25. The topological polar surface area (TPSA) is 24.8 Å². The molecular formula is C29H26N2O. The van der Waals surface area contributed by atoms with E-state index in [1.54, 1.807) is 7.11 Å². The highest BCUT2D eigenvalue weighted by atomic mass is 16.5. The summed E-state index contributed by atoms with van der Waals surface area (Å²) in [6.45, 7) is 0.781. The Morgan fingerprint density at radius 2 is 1.31 bits per heavy atom. The van der Waals surface area contributed by atoms with Gasteiger partial charge in [0.15, 0.2) is 0 Å². The highest BCUT2D eigenvalue weighted by molar-refractivity contribution is 6.02. The van der Waals surface area contributed by atoms with E-state index >= 15 is 0 Å². The van der Waals surface area contributed by atoms with Crippen LogP contribution in [0.1, 0.15) is 29.2 Å². The number of nitrogens with zero attached hydrogens (tertiary/aromatic N) is 2. The summed E-state index contributed by atoms with van der Waals surface area (Å²) in [5, 5.41) is 7.29. The number of benzene rings is 4. The van der Waals surface area contributed by atoms with Gasteiger partial charge in [-0.25, -0.2) is 0 Å². The molecule has 3 heteroatoms. The van der Waals surface area contributed by atoms with Crippen LogP contribution in [0.15, 0.2) is 114 Å². The van der Waals surface area contributed by atoms with Crippen molar-refractivity contribution in [2.75, 3.05) is 7.11 Å². The molecule has 0 saturated carbocycles. The molecule has 0 saturated heterocycles. The largest absolute Gasteiger partial charge is 0.497 e. The molecule has 0 unspecified atom stereocenters. The maximum atomic E-state index is 5.35. The van der Waals surface area contributed by atoms with Gasteiger partial charge in [0.1, 0.15) is 5.75 Å². The van der Waals surface area contributed by atoms with E-state index in [0.717, 1.165) is 24.4 Å². The highest BCUT2D eigenvalue weighted by Crippen LogP contribution is 2.35. The number of ether oxygens (including phenoxy) is 1. The van der Waals surface area contributed by atoms with Gasteiger partial charge in [0, 0.05) is 6.42 Å². The van der Waals surface area contributed by atoms with Crippen LogP contribution in [0.2, 0.25) is 0 Å². The Hall–Kier alpha value is -3.85. The molecule has 3 nitrogen and oxygen atoms in total. The van der Waals surface area contributed by atoms with Gasteiger partial charge < -0.3 is 4.74 Å². The summed E-state index contributed by atoms with van der Waals surface area (Å²) >= 11 is 0. The third-order valence-corrected chi connectivity index (χ3v) is 6.01. The number of hydrogen-bond acceptors (Lipinski definition) is 3. The standard InChI is InChI=1S/C29H26N2O/c1-32-27-18-16-26(17-19-27)29-20-28(30-31(29)21-22-8-4-2-5-9-22)25-14-12-24(13-15-25)23-10-6-3-7-11-23/h2-19,29H,20-21H2,1H3/t29-/m1/s1. The SMILES string of the molecule is COc1ccc([C@H]2CC(c3ccc(-c4ccccc4)cc3)=NN2Cc2ccccc2)cc1. The Kier molecular flexibility index (Phi) is 5.71. The number of hydrazone groups is 1. The lowest BCUT2D eigenvalue weighted by molar-refractivity contribution is 0.224. The van der Waals surface area contributed by atoms with E-state index in [1.807, 2.05) is 18.2 Å². The number of hydrogen-bond donors (Lipinski definition) is 0. The Morgan fingerprint density at radius 3 is 1.97 bits per heavy atom. The lowest BCUT2D eigenvalue weighted by atomic mass is 9.96. The fourth-order valence-corrected chi connectivity index (χ4v) is 4.25. The van der Waals surface area contributed by atoms with Crippen molar-refractivity contribution in [3.05, 3.63) is 126 Å². The van der Waals surface area contributed by atoms with Crippen molar-refractivity contribution >= 4 is 5.71 Å². The molecular weight excluding hydrogens is 392 g/mol. The van der Waals surface area contributed by atoms with Crippen molar-refractivity contribution in [1.29, 1.82) is 0 Å². The monoisotopic (exact) mass is 418 g/mol. The van der Waals surface area contributed by atoms with Crippen molar-refractivity contribution < 1.29 is 4.74 Å². The van der Waals surface area contributed by atoms with Gasteiger partial charge in [-0.15, -0.1) is 0 Å². The second kappa shape index (κ2) is 9.11.